The third-order valence-electron chi connectivity index (χ3n) is 4.06. The first kappa shape index (κ1) is 24.1. The highest BCUT2D eigenvalue weighted by atomic mass is 79.9. The van der Waals surface area contributed by atoms with Crippen LogP contribution in [0.2, 0.25) is 0 Å². The van der Waals surface area contributed by atoms with E-state index >= 15 is 0 Å². The van der Waals surface area contributed by atoms with Crippen LogP contribution in [-0.4, -0.2) is 37.4 Å². The van der Waals surface area contributed by atoms with Gasteiger partial charge >= 0.3 is 0 Å². The van der Waals surface area contributed by atoms with Crippen LogP contribution >= 0.6 is 28.3 Å². The number of hydrogen-bond acceptors (Lipinski definition) is 3. The number of benzene rings is 2. The number of halogens is 3. The maximum absolute atomic E-state index is 14.6. The minimum Gasteiger partial charge on any atom is -0.486 e. The number of hydrogen-bond donors (Lipinski definition) is 0. The second-order valence-electron chi connectivity index (χ2n) is 6.18. The van der Waals surface area contributed by atoms with Crippen molar-refractivity contribution in [3.8, 4) is 5.75 Å². The Bertz CT molecular complexity index is 837. The number of ketones is 1. The molecule has 150 valence electrons. The highest BCUT2D eigenvalue weighted by Crippen LogP contribution is 2.25. The number of ether oxygens (including phenoxy) is 1. The minimum atomic E-state index is -0.505. The molecule has 0 aliphatic heterocycles. The van der Waals surface area contributed by atoms with E-state index in [0.717, 1.165) is 17.6 Å². The molecule has 0 radical (unpaired) electrons. The number of nitrogens with zero attached hydrogens (tertiary/aromatic N) is 1. The van der Waals surface area contributed by atoms with E-state index in [1.165, 1.54) is 6.07 Å². The fourth-order valence-electron chi connectivity index (χ4n) is 2.53. The van der Waals surface area contributed by atoms with Gasteiger partial charge in [-0.1, -0.05) is 34.2 Å². The van der Waals surface area contributed by atoms with Gasteiger partial charge in [0.15, 0.2) is 17.3 Å². The number of rotatable bonds is 9. The van der Waals surface area contributed by atoms with Crippen molar-refractivity contribution in [2.24, 2.45) is 0 Å². The molecule has 0 bridgehead atoms. The molecule has 0 spiro atoms. The molecular formula is C22H24BrClFNO2. The second kappa shape index (κ2) is 11.8. The maximum Gasteiger partial charge on any atom is 0.193 e. The van der Waals surface area contributed by atoms with Gasteiger partial charge in [-0.05, 0) is 55.9 Å². The molecule has 0 aromatic heterocycles. The quantitative estimate of drug-likeness (QED) is 0.354. The maximum atomic E-state index is 14.6. The lowest BCUT2D eigenvalue weighted by atomic mass is 9.98. The van der Waals surface area contributed by atoms with Crippen LogP contribution in [0.25, 0.3) is 0 Å². The van der Waals surface area contributed by atoms with Gasteiger partial charge in [-0.25, -0.2) is 4.39 Å². The Morgan fingerprint density at radius 1 is 1.18 bits per heavy atom. The molecule has 0 heterocycles. The molecule has 0 saturated heterocycles. The molecule has 0 aliphatic carbocycles. The Labute approximate surface area is 180 Å². The van der Waals surface area contributed by atoms with Crippen LogP contribution in [0, 0.1) is 12.7 Å². The summed E-state index contributed by atoms with van der Waals surface area (Å²) in [5, 5.41) is 0. The summed E-state index contributed by atoms with van der Waals surface area (Å²) in [6.45, 7) is 7.10. The smallest absolute Gasteiger partial charge is 0.193 e. The summed E-state index contributed by atoms with van der Waals surface area (Å²) < 4.78 is 21.0. The Morgan fingerprint density at radius 2 is 1.86 bits per heavy atom. The van der Waals surface area contributed by atoms with Crippen LogP contribution in [-0.2, 0) is 0 Å². The SMILES string of the molecule is C=CCN(C)C/C=C/COc1ccc(C(=O)c2ccc(Br)cc2)c(C)c1F.Cl. The summed E-state index contributed by atoms with van der Waals surface area (Å²) in [6, 6.07) is 10.1. The van der Waals surface area contributed by atoms with E-state index in [-0.39, 0.29) is 36.1 Å². The molecule has 0 fully saturated rings. The lowest BCUT2D eigenvalue weighted by Crippen LogP contribution is -2.17. The van der Waals surface area contributed by atoms with Gasteiger partial charge in [0.25, 0.3) is 0 Å². The van der Waals surface area contributed by atoms with Crippen molar-refractivity contribution in [3.63, 3.8) is 0 Å². The van der Waals surface area contributed by atoms with E-state index in [0.29, 0.717) is 11.1 Å². The minimum absolute atomic E-state index is 0. The van der Waals surface area contributed by atoms with Crippen molar-refractivity contribution >= 4 is 34.1 Å². The third-order valence-corrected chi connectivity index (χ3v) is 4.59. The van der Waals surface area contributed by atoms with Crippen LogP contribution in [0.15, 0.2) is 65.7 Å². The fraction of sp³-hybridized carbons (Fsp3) is 0.227. The van der Waals surface area contributed by atoms with Crippen molar-refractivity contribution < 1.29 is 13.9 Å². The molecule has 28 heavy (non-hydrogen) atoms. The lowest BCUT2D eigenvalue weighted by molar-refractivity contribution is 0.103. The Hall–Kier alpha value is -1.95. The Kier molecular flexibility index (Phi) is 10.1. The van der Waals surface area contributed by atoms with E-state index in [2.05, 4.69) is 27.4 Å². The van der Waals surface area contributed by atoms with E-state index < -0.39 is 5.82 Å². The number of likely N-dealkylation sites (N-methyl/N-ethyl adjacent to an activating group) is 1. The average Bonchev–Trinajstić information content (AvgIpc) is 2.65. The predicted octanol–water partition coefficient (Wildman–Crippen LogP) is 5.60. The summed E-state index contributed by atoms with van der Waals surface area (Å²) in [5.74, 6) is -0.574. The lowest BCUT2D eigenvalue weighted by Gasteiger charge is -2.12. The summed E-state index contributed by atoms with van der Waals surface area (Å²) in [5.41, 5.74) is 1.14. The monoisotopic (exact) mass is 467 g/mol. The van der Waals surface area contributed by atoms with Crippen molar-refractivity contribution in [3.05, 3.63) is 88.2 Å². The van der Waals surface area contributed by atoms with Crippen LogP contribution in [0.5, 0.6) is 5.75 Å². The first-order chi connectivity index (χ1) is 12.9. The van der Waals surface area contributed by atoms with Crippen molar-refractivity contribution in [1.82, 2.24) is 4.90 Å². The van der Waals surface area contributed by atoms with Gasteiger partial charge < -0.3 is 4.74 Å². The van der Waals surface area contributed by atoms with Gasteiger partial charge in [0, 0.05) is 28.7 Å². The van der Waals surface area contributed by atoms with Crippen LogP contribution < -0.4 is 4.74 Å². The molecule has 0 saturated carbocycles. The molecule has 0 atom stereocenters. The molecule has 2 aromatic rings. The molecule has 2 rings (SSSR count). The first-order valence-corrected chi connectivity index (χ1v) is 9.40. The van der Waals surface area contributed by atoms with Crippen LogP contribution in [0.4, 0.5) is 4.39 Å². The molecule has 0 amide bonds. The summed E-state index contributed by atoms with van der Waals surface area (Å²) in [7, 11) is 1.98. The van der Waals surface area contributed by atoms with Gasteiger partial charge in [0.05, 0.1) is 0 Å². The Morgan fingerprint density at radius 3 is 2.50 bits per heavy atom. The zero-order chi connectivity index (χ0) is 19.8. The summed E-state index contributed by atoms with van der Waals surface area (Å²) in [4.78, 5) is 14.7. The van der Waals surface area contributed by atoms with Gasteiger partial charge in [-0.3, -0.25) is 9.69 Å². The average molecular weight is 469 g/mol. The summed E-state index contributed by atoms with van der Waals surface area (Å²) in [6.07, 6.45) is 5.63. The van der Waals surface area contributed by atoms with Crippen molar-refractivity contribution in [1.29, 1.82) is 0 Å². The summed E-state index contributed by atoms with van der Waals surface area (Å²) >= 11 is 3.34. The molecule has 0 aliphatic rings. The van der Waals surface area contributed by atoms with Crippen molar-refractivity contribution in [2.45, 2.75) is 6.92 Å². The zero-order valence-corrected chi connectivity index (χ0v) is 18.4. The van der Waals surface area contributed by atoms with E-state index in [4.69, 9.17) is 4.74 Å². The molecule has 2 aromatic carbocycles. The zero-order valence-electron chi connectivity index (χ0n) is 16.0. The fourth-order valence-corrected chi connectivity index (χ4v) is 2.79. The largest absolute Gasteiger partial charge is 0.486 e. The van der Waals surface area contributed by atoms with E-state index in [9.17, 15) is 9.18 Å². The molecular weight excluding hydrogens is 445 g/mol. The third kappa shape index (κ3) is 6.59. The highest BCUT2D eigenvalue weighted by Gasteiger charge is 2.17. The van der Waals surface area contributed by atoms with Gasteiger partial charge in [0.2, 0.25) is 0 Å². The van der Waals surface area contributed by atoms with Crippen molar-refractivity contribution in [2.75, 3.05) is 26.7 Å². The van der Waals surface area contributed by atoms with Gasteiger partial charge in [-0.2, -0.15) is 0 Å². The van der Waals surface area contributed by atoms with E-state index in [1.807, 2.05) is 25.3 Å². The van der Waals surface area contributed by atoms with Crippen LogP contribution in [0.1, 0.15) is 21.5 Å². The number of carbonyl (C=O) groups excluding carboxylic acids is 1. The second-order valence-corrected chi connectivity index (χ2v) is 7.09. The van der Waals surface area contributed by atoms with Crippen LogP contribution in [0.3, 0.4) is 0 Å². The molecule has 0 unspecified atom stereocenters. The number of carbonyl (C=O) groups is 1. The van der Waals surface area contributed by atoms with Gasteiger partial charge in [-0.15, -0.1) is 19.0 Å². The normalized spacial score (nSPS) is 10.8. The van der Waals surface area contributed by atoms with E-state index in [1.54, 1.807) is 37.3 Å². The molecule has 3 nitrogen and oxygen atoms in total. The standard InChI is InChI=1S/C22H23BrFNO2.ClH/c1-4-13-25(3)14-5-6-15-27-20-12-11-19(16(2)21(20)24)22(26)17-7-9-18(23)10-8-17;/h4-12H,1,13-15H2,2-3H3;1H/b6-5+;. The predicted molar refractivity (Wildman–Crippen MR) is 118 cm³/mol. The molecule has 0 N–H and O–H groups in total. The highest BCUT2D eigenvalue weighted by molar-refractivity contribution is 9.10. The topological polar surface area (TPSA) is 29.5 Å². The Balaban J connectivity index is 0.00000392. The first-order valence-electron chi connectivity index (χ1n) is 8.60. The van der Waals surface area contributed by atoms with Gasteiger partial charge in [0.1, 0.15) is 6.61 Å². The molecule has 6 heteroatoms.